The van der Waals surface area contributed by atoms with E-state index in [9.17, 15) is 4.39 Å². The van der Waals surface area contributed by atoms with Crippen molar-refractivity contribution in [2.24, 2.45) is 0 Å². The molecule has 0 nitrogen and oxygen atoms in total. The molecule has 0 aliphatic carbocycles. The Kier molecular flexibility index (Phi) is 2.07. The Hall–Kier alpha value is -1.29. The molecule has 0 fully saturated rings. The van der Waals surface area contributed by atoms with E-state index in [4.69, 9.17) is 0 Å². The zero-order valence-electron chi connectivity index (χ0n) is 5.39. The third-order valence-electron chi connectivity index (χ3n) is 1.15. The van der Waals surface area contributed by atoms with E-state index in [1.165, 1.54) is 6.17 Å². The lowest BCUT2D eigenvalue weighted by molar-refractivity contribution is 0.774. The van der Waals surface area contributed by atoms with Gasteiger partial charge < -0.3 is 0 Å². The molecule has 0 heterocycles. The first kappa shape index (κ1) is 6.82. The van der Waals surface area contributed by atoms with Crippen LogP contribution in [0.3, 0.4) is 0 Å². The van der Waals surface area contributed by atoms with Gasteiger partial charge in [-0.25, -0.2) is 0 Å². The van der Waals surface area contributed by atoms with Crippen molar-refractivity contribution >= 4 is 0 Å². The van der Waals surface area contributed by atoms with E-state index in [-0.39, 0.29) is 0 Å². The molecule has 10 heavy (non-hydrogen) atoms. The number of hydrogen-bond acceptors (Lipinski definition) is 0. The van der Waals surface area contributed by atoms with E-state index in [0.29, 0.717) is 5.56 Å². The summed E-state index contributed by atoms with van der Waals surface area (Å²) in [5, 5.41) is 0. The van der Waals surface area contributed by atoms with Gasteiger partial charge in [0.05, 0.1) is 0 Å². The maximum absolute atomic E-state index is 11.4. The maximum atomic E-state index is 11.4. The summed E-state index contributed by atoms with van der Waals surface area (Å²) in [7, 11) is 0. The van der Waals surface area contributed by atoms with Gasteiger partial charge in [-0.3, -0.25) is 0 Å². The molecule has 0 saturated carbocycles. The largest absolute Gasteiger partial charge is 0.144 e. The molecule has 1 heteroatoms. The lowest BCUT2D eigenvalue weighted by Crippen LogP contribution is -1.73. The van der Waals surface area contributed by atoms with Gasteiger partial charge in [-0.15, -0.1) is 4.39 Å². The van der Waals surface area contributed by atoms with E-state index in [1.54, 1.807) is 24.3 Å². The van der Waals surface area contributed by atoms with Crippen molar-refractivity contribution in [1.82, 2.24) is 0 Å². The average molecular weight is 133 g/mol. The Labute approximate surface area is 59.7 Å². The maximum Gasteiger partial charge on any atom is 0.111 e. The van der Waals surface area contributed by atoms with Crippen LogP contribution in [-0.2, 0) is 0 Å². The molecule has 49 valence electrons. The Balaban J connectivity index is 2.97. The minimum atomic E-state index is 0.676. The van der Waals surface area contributed by atoms with Crippen LogP contribution in [0.25, 0.3) is 0 Å². The van der Waals surface area contributed by atoms with Crippen LogP contribution in [0.4, 0.5) is 4.39 Å². The molecule has 0 saturated heterocycles. The predicted octanol–water partition coefficient (Wildman–Crippen LogP) is 2.15. The molecule has 0 amide bonds. The molecular weight excluding hydrogens is 127 g/mol. The highest BCUT2D eigenvalue weighted by Crippen LogP contribution is 2.00. The molecular formula is C9H6F. The second-order valence-corrected chi connectivity index (χ2v) is 1.92. The van der Waals surface area contributed by atoms with Crippen LogP contribution >= 0.6 is 0 Å². The van der Waals surface area contributed by atoms with Gasteiger partial charge in [0.2, 0.25) is 0 Å². The van der Waals surface area contributed by atoms with Crippen LogP contribution < -0.4 is 0 Å². The summed E-state index contributed by atoms with van der Waals surface area (Å²) >= 11 is 0. The van der Waals surface area contributed by atoms with Crippen LogP contribution in [0.2, 0.25) is 0 Å². The van der Waals surface area contributed by atoms with Crippen molar-refractivity contribution in [1.29, 1.82) is 0 Å². The normalized spacial score (nSPS) is 8.20. The fourth-order valence-electron chi connectivity index (χ4n) is 0.643. The van der Waals surface area contributed by atoms with Gasteiger partial charge in [0.25, 0.3) is 0 Å². The second kappa shape index (κ2) is 3.03. The molecule has 0 aliphatic rings. The molecule has 1 aromatic rings. The first-order valence-electron chi connectivity index (χ1n) is 2.86. The number of hydrogen-bond donors (Lipinski definition) is 0. The molecule has 1 aromatic carbocycles. The second-order valence-electron chi connectivity index (χ2n) is 1.92. The van der Waals surface area contributed by atoms with Crippen LogP contribution in [-0.4, -0.2) is 0 Å². The summed E-state index contributed by atoms with van der Waals surface area (Å²) in [6.45, 7) is 3.68. The predicted molar refractivity (Wildman–Crippen MR) is 38.9 cm³/mol. The third-order valence-corrected chi connectivity index (χ3v) is 1.15. The van der Waals surface area contributed by atoms with E-state index in [0.717, 1.165) is 5.56 Å². The molecule has 1 rings (SSSR count). The van der Waals surface area contributed by atoms with Crippen molar-refractivity contribution in [3.05, 3.63) is 42.3 Å². The van der Waals surface area contributed by atoms with Gasteiger partial charge in [-0.05, 0) is 30.5 Å². The fourth-order valence-corrected chi connectivity index (χ4v) is 0.643. The molecule has 0 aromatic heterocycles. The molecule has 1 radical (unpaired) electrons. The highest BCUT2D eigenvalue weighted by Gasteiger charge is 1.84. The summed E-state index contributed by atoms with van der Waals surface area (Å²) in [6.07, 6.45) is 1.33. The Morgan fingerprint density at radius 3 is 2.30 bits per heavy atom. The topological polar surface area (TPSA) is 0 Å². The first-order chi connectivity index (χ1) is 4.83. The van der Waals surface area contributed by atoms with Gasteiger partial charge in [-0.1, -0.05) is 12.1 Å². The molecule has 0 N–H and O–H groups in total. The lowest BCUT2D eigenvalue weighted by Gasteiger charge is -1.89. The van der Waals surface area contributed by atoms with Crippen molar-refractivity contribution < 1.29 is 4.39 Å². The van der Waals surface area contributed by atoms with E-state index < -0.39 is 0 Å². The van der Waals surface area contributed by atoms with Crippen LogP contribution in [0.5, 0.6) is 0 Å². The SMILES string of the molecule is [CH2]c1ccc(C#CF)cc1. The van der Waals surface area contributed by atoms with Crippen molar-refractivity contribution in [2.45, 2.75) is 0 Å². The molecule has 0 atom stereocenters. The Morgan fingerprint density at radius 1 is 1.20 bits per heavy atom. The Bertz CT molecular complexity index is 261. The van der Waals surface area contributed by atoms with Crippen LogP contribution in [0.1, 0.15) is 11.1 Å². The first-order valence-corrected chi connectivity index (χ1v) is 2.86. The minimum absolute atomic E-state index is 0.676. The van der Waals surface area contributed by atoms with E-state index in [2.05, 4.69) is 12.8 Å². The fraction of sp³-hybridized carbons (Fsp3) is 0. The lowest BCUT2D eigenvalue weighted by atomic mass is 10.2. The van der Waals surface area contributed by atoms with E-state index >= 15 is 0 Å². The van der Waals surface area contributed by atoms with Crippen molar-refractivity contribution in [3.63, 3.8) is 0 Å². The molecule has 0 spiro atoms. The molecule has 0 aliphatic heterocycles. The van der Waals surface area contributed by atoms with Gasteiger partial charge in [-0.2, -0.15) is 0 Å². The molecule has 0 bridgehead atoms. The summed E-state index contributed by atoms with van der Waals surface area (Å²) in [5.74, 6) is 2.29. The summed E-state index contributed by atoms with van der Waals surface area (Å²) in [5.41, 5.74) is 1.58. The summed E-state index contributed by atoms with van der Waals surface area (Å²) in [6, 6.07) is 7.04. The average Bonchev–Trinajstić information content (AvgIpc) is 1.95. The highest BCUT2D eigenvalue weighted by molar-refractivity contribution is 5.35. The zero-order chi connectivity index (χ0) is 7.40. The zero-order valence-corrected chi connectivity index (χ0v) is 5.39. The quantitative estimate of drug-likeness (QED) is 0.476. The van der Waals surface area contributed by atoms with Crippen molar-refractivity contribution in [3.8, 4) is 12.1 Å². The number of halogens is 1. The Morgan fingerprint density at radius 2 is 1.80 bits per heavy atom. The molecule has 0 unspecified atom stereocenters. The van der Waals surface area contributed by atoms with Crippen LogP contribution in [0.15, 0.2) is 24.3 Å². The van der Waals surface area contributed by atoms with Crippen molar-refractivity contribution in [2.75, 3.05) is 0 Å². The van der Waals surface area contributed by atoms with Gasteiger partial charge in [0.1, 0.15) is 6.17 Å². The summed E-state index contributed by atoms with van der Waals surface area (Å²) < 4.78 is 11.4. The minimum Gasteiger partial charge on any atom is -0.144 e. The smallest absolute Gasteiger partial charge is 0.111 e. The van der Waals surface area contributed by atoms with Gasteiger partial charge in [0.15, 0.2) is 0 Å². The van der Waals surface area contributed by atoms with Gasteiger partial charge in [0, 0.05) is 5.56 Å². The monoisotopic (exact) mass is 133 g/mol. The highest BCUT2D eigenvalue weighted by atomic mass is 19.1. The summed E-state index contributed by atoms with van der Waals surface area (Å²) in [4.78, 5) is 0. The van der Waals surface area contributed by atoms with Crippen LogP contribution in [0, 0.1) is 19.0 Å². The standard InChI is InChI=1S/C9H6F/c1-8-2-4-9(5-3-8)6-7-10/h2-5H,1H2. The number of rotatable bonds is 0. The number of benzene rings is 1. The van der Waals surface area contributed by atoms with E-state index in [1.807, 2.05) is 0 Å². The van der Waals surface area contributed by atoms with Gasteiger partial charge >= 0.3 is 0 Å². The third kappa shape index (κ3) is 1.60.